The summed E-state index contributed by atoms with van der Waals surface area (Å²) in [5, 5.41) is 4.57. The third-order valence-electron chi connectivity index (χ3n) is 3.35. The van der Waals surface area contributed by atoms with Crippen molar-refractivity contribution in [2.24, 2.45) is 0 Å². The van der Waals surface area contributed by atoms with Gasteiger partial charge in [0.1, 0.15) is 12.1 Å². The van der Waals surface area contributed by atoms with E-state index in [4.69, 9.17) is 0 Å². The number of hydrogen-bond acceptors (Lipinski definition) is 4. The summed E-state index contributed by atoms with van der Waals surface area (Å²) in [4.78, 5) is 11.0. The molecular formula is C15H22N4. The van der Waals surface area contributed by atoms with Crippen molar-refractivity contribution >= 4 is 16.7 Å². The van der Waals surface area contributed by atoms with Crippen LogP contribution in [0, 0.1) is 0 Å². The summed E-state index contributed by atoms with van der Waals surface area (Å²) in [7, 11) is 0. The lowest BCUT2D eigenvalue weighted by molar-refractivity contribution is 0.294. The van der Waals surface area contributed by atoms with Crippen LogP contribution < -0.4 is 5.32 Å². The zero-order chi connectivity index (χ0) is 13.7. The molecule has 102 valence electrons. The first kappa shape index (κ1) is 13.7. The highest BCUT2D eigenvalue weighted by atomic mass is 15.1. The number of likely N-dealkylation sites (N-methyl/N-ethyl adjacent to an activating group) is 1. The smallest absolute Gasteiger partial charge is 0.137 e. The van der Waals surface area contributed by atoms with Crippen molar-refractivity contribution in [1.29, 1.82) is 0 Å². The largest absolute Gasteiger partial charge is 0.366 e. The molecule has 0 aliphatic carbocycles. The Bertz CT molecular complexity index is 517. The molecule has 0 bridgehead atoms. The highest BCUT2D eigenvalue weighted by Crippen LogP contribution is 2.19. The van der Waals surface area contributed by atoms with Gasteiger partial charge < -0.3 is 10.2 Å². The lowest BCUT2D eigenvalue weighted by Gasteiger charge is -2.24. The van der Waals surface area contributed by atoms with Gasteiger partial charge in [0, 0.05) is 18.0 Å². The number of aromatic nitrogens is 2. The van der Waals surface area contributed by atoms with Gasteiger partial charge in [-0.2, -0.15) is 0 Å². The Morgan fingerprint density at radius 1 is 1.16 bits per heavy atom. The van der Waals surface area contributed by atoms with Gasteiger partial charge >= 0.3 is 0 Å². The third kappa shape index (κ3) is 3.41. The zero-order valence-corrected chi connectivity index (χ0v) is 11.9. The summed E-state index contributed by atoms with van der Waals surface area (Å²) in [5.41, 5.74) is 0.982. The second kappa shape index (κ2) is 6.48. The van der Waals surface area contributed by atoms with Crippen molar-refractivity contribution in [2.75, 3.05) is 25.0 Å². The second-order valence-electron chi connectivity index (χ2n) is 4.77. The minimum Gasteiger partial charge on any atom is -0.366 e. The summed E-state index contributed by atoms with van der Waals surface area (Å²) in [6.07, 6.45) is 1.62. The van der Waals surface area contributed by atoms with Gasteiger partial charge in [0.2, 0.25) is 0 Å². The average Bonchev–Trinajstić information content (AvgIpc) is 2.45. The van der Waals surface area contributed by atoms with E-state index in [0.29, 0.717) is 6.04 Å². The van der Waals surface area contributed by atoms with Crippen LogP contribution in [-0.4, -0.2) is 40.5 Å². The van der Waals surface area contributed by atoms with E-state index >= 15 is 0 Å². The fraction of sp³-hybridized carbons (Fsp3) is 0.467. The third-order valence-corrected chi connectivity index (χ3v) is 3.35. The lowest BCUT2D eigenvalue weighted by Crippen LogP contribution is -2.35. The van der Waals surface area contributed by atoms with Gasteiger partial charge in [-0.1, -0.05) is 26.0 Å². The molecule has 4 heteroatoms. The molecule has 1 aromatic heterocycles. The molecule has 0 aliphatic heterocycles. The number of nitrogens with zero attached hydrogens (tertiary/aromatic N) is 3. The molecule has 1 aromatic carbocycles. The van der Waals surface area contributed by atoms with Crippen molar-refractivity contribution in [1.82, 2.24) is 14.9 Å². The molecule has 0 amide bonds. The fourth-order valence-electron chi connectivity index (χ4n) is 2.27. The van der Waals surface area contributed by atoms with Gasteiger partial charge in [-0.05, 0) is 32.1 Å². The minimum absolute atomic E-state index is 0.359. The van der Waals surface area contributed by atoms with Crippen molar-refractivity contribution in [3.05, 3.63) is 30.6 Å². The molecular weight excluding hydrogens is 236 g/mol. The zero-order valence-electron chi connectivity index (χ0n) is 11.9. The Kier molecular flexibility index (Phi) is 4.68. The van der Waals surface area contributed by atoms with Crippen LogP contribution >= 0.6 is 0 Å². The Balaban J connectivity index is 2.12. The van der Waals surface area contributed by atoms with Crippen LogP contribution in [0.2, 0.25) is 0 Å². The number of benzene rings is 1. The van der Waals surface area contributed by atoms with Gasteiger partial charge in [0.05, 0.1) is 5.52 Å². The van der Waals surface area contributed by atoms with E-state index in [1.165, 1.54) is 0 Å². The number of hydrogen-bond donors (Lipinski definition) is 1. The number of para-hydroxylation sites is 1. The molecule has 4 nitrogen and oxygen atoms in total. The van der Waals surface area contributed by atoms with Crippen LogP contribution in [0.3, 0.4) is 0 Å². The maximum Gasteiger partial charge on any atom is 0.137 e. The van der Waals surface area contributed by atoms with Crippen LogP contribution in [0.4, 0.5) is 5.82 Å². The van der Waals surface area contributed by atoms with Crippen molar-refractivity contribution in [3.63, 3.8) is 0 Å². The maximum atomic E-state index is 4.37. The van der Waals surface area contributed by atoms with Crippen LogP contribution in [-0.2, 0) is 0 Å². The molecule has 1 atom stereocenters. The Morgan fingerprint density at radius 3 is 2.63 bits per heavy atom. The molecule has 0 aliphatic rings. The predicted molar refractivity (Wildman–Crippen MR) is 80.4 cm³/mol. The summed E-state index contributed by atoms with van der Waals surface area (Å²) >= 11 is 0. The first-order chi connectivity index (χ1) is 9.24. The van der Waals surface area contributed by atoms with Gasteiger partial charge in [-0.3, -0.25) is 0 Å². The normalized spacial score (nSPS) is 12.8. The van der Waals surface area contributed by atoms with Crippen molar-refractivity contribution in [3.8, 4) is 0 Å². The Morgan fingerprint density at radius 2 is 1.89 bits per heavy atom. The van der Waals surface area contributed by atoms with Crippen LogP contribution in [0.5, 0.6) is 0 Å². The molecule has 0 saturated heterocycles. The van der Waals surface area contributed by atoms with Crippen LogP contribution in [0.25, 0.3) is 10.9 Å². The molecule has 1 unspecified atom stereocenters. The van der Waals surface area contributed by atoms with Gasteiger partial charge in [-0.25, -0.2) is 9.97 Å². The van der Waals surface area contributed by atoms with E-state index in [9.17, 15) is 0 Å². The topological polar surface area (TPSA) is 41.0 Å². The summed E-state index contributed by atoms with van der Waals surface area (Å²) in [6.45, 7) is 9.74. The first-order valence-corrected chi connectivity index (χ1v) is 6.93. The van der Waals surface area contributed by atoms with Gasteiger partial charge in [0.15, 0.2) is 0 Å². The first-order valence-electron chi connectivity index (χ1n) is 6.93. The van der Waals surface area contributed by atoms with Crippen molar-refractivity contribution < 1.29 is 0 Å². The molecule has 0 radical (unpaired) electrons. The maximum absolute atomic E-state index is 4.37. The lowest BCUT2D eigenvalue weighted by atomic mass is 10.2. The molecule has 2 rings (SSSR count). The van der Waals surface area contributed by atoms with Gasteiger partial charge in [0.25, 0.3) is 0 Å². The number of fused-ring (bicyclic) bond motifs is 1. The fourth-order valence-corrected chi connectivity index (χ4v) is 2.27. The average molecular weight is 258 g/mol. The van der Waals surface area contributed by atoms with Crippen molar-refractivity contribution in [2.45, 2.75) is 26.8 Å². The van der Waals surface area contributed by atoms with E-state index in [2.05, 4.69) is 47.0 Å². The molecule has 1 heterocycles. The second-order valence-corrected chi connectivity index (χ2v) is 4.77. The highest BCUT2D eigenvalue weighted by Gasteiger charge is 2.09. The van der Waals surface area contributed by atoms with E-state index in [-0.39, 0.29) is 0 Å². The molecule has 0 saturated carbocycles. The summed E-state index contributed by atoms with van der Waals surface area (Å²) in [5.74, 6) is 0.922. The summed E-state index contributed by atoms with van der Waals surface area (Å²) in [6, 6.07) is 8.45. The molecule has 2 aromatic rings. The van der Waals surface area contributed by atoms with Gasteiger partial charge in [-0.15, -0.1) is 0 Å². The standard InChI is InChI=1S/C15H22N4/c1-4-19(5-2)10-12(3)18-15-13-8-6-7-9-14(13)16-11-17-15/h6-9,11-12H,4-5,10H2,1-3H3,(H,16,17,18). The summed E-state index contributed by atoms with van der Waals surface area (Å²) < 4.78 is 0. The Hall–Kier alpha value is -1.68. The predicted octanol–water partition coefficient (Wildman–Crippen LogP) is 2.77. The number of nitrogens with one attached hydrogen (secondary N) is 1. The molecule has 19 heavy (non-hydrogen) atoms. The number of anilines is 1. The molecule has 1 N–H and O–H groups in total. The van der Waals surface area contributed by atoms with E-state index in [0.717, 1.165) is 36.4 Å². The molecule has 0 spiro atoms. The molecule has 0 fully saturated rings. The SMILES string of the molecule is CCN(CC)CC(C)Nc1ncnc2ccccc12. The Labute approximate surface area is 114 Å². The monoisotopic (exact) mass is 258 g/mol. The van der Waals surface area contributed by atoms with E-state index in [1.54, 1.807) is 6.33 Å². The number of rotatable bonds is 6. The quantitative estimate of drug-likeness (QED) is 0.865. The van der Waals surface area contributed by atoms with Crippen LogP contribution in [0.15, 0.2) is 30.6 Å². The van der Waals surface area contributed by atoms with Crippen LogP contribution in [0.1, 0.15) is 20.8 Å². The minimum atomic E-state index is 0.359. The van der Waals surface area contributed by atoms with E-state index < -0.39 is 0 Å². The highest BCUT2D eigenvalue weighted by molar-refractivity contribution is 5.88. The van der Waals surface area contributed by atoms with E-state index in [1.807, 2.05) is 18.2 Å².